The molecule has 0 spiro atoms. The molecule has 6 nitrogen and oxygen atoms in total. The Bertz CT molecular complexity index is 1190. The molecule has 0 atom stereocenters. The molecule has 3 amide bonds. The van der Waals surface area contributed by atoms with Gasteiger partial charge in [-0.2, -0.15) is 0 Å². The second-order valence-corrected chi connectivity index (χ2v) is 7.20. The number of carbonyl (C=O) groups is 4. The molecule has 0 bridgehead atoms. The molecule has 0 fully saturated rings. The second-order valence-electron chi connectivity index (χ2n) is 7.20. The van der Waals surface area contributed by atoms with E-state index in [0.29, 0.717) is 17.7 Å². The highest BCUT2D eigenvalue weighted by molar-refractivity contribution is 6.35. The topological polar surface area (TPSA) is 83.6 Å². The van der Waals surface area contributed by atoms with Crippen LogP contribution in [0.5, 0.6) is 0 Å². The van der Waals surface area contributed by atoms with E-state index in [1.165, 1.54) is 12.1 Å². The summed E-state index contributed by atoms with van der Waals surface area (Å²) in [5.74, 6) is -1.58. The van der Waals surface area contributed by atoms with Crippen molar-refractivity contribution in [3.05, 3.63) is 94.0 Å². The predicted octanol–water partition coefficient (Wildman–Crippen LogP) is 4.17. The van der Waals surface area contributed by atoms with E-state index in [9.17, 15) is 19.2 Å². The van der Waals surface area contributed by atoms with Crippen molar-refractivity contribution in [1.82, 2.24) is 0 Å². The molecule has 30 heavy (non-hydrogen) atoms. The van der Waals surface area contributed by atoms with Crippen LogP contribution in [0.3, 0.4) is 0 Å². The van der Waals surface area contributed by atoms with Crippen molar-refractivity contribution in [3.63, 3.8) is 0 Å². The monoisotopic (exact) mass is 398 g/mol. The average Bonchev–Trinajstić information content (AvgIpc) is 2.99. The number of amides is 3. The SMILES string of the molecule is Cc1ccc(NC(=O)c2cc3c(cc2C=O)C(=O)N(c2ccc(C)cc2)C3=O)cc1. The molecule has 0 radical (unpaired) electrons. The second kappa shape index (κ2) is 7.40. The number of aryl methyl sites for hydroxylation is 2. The third kappa shape index (κ3) is 3.28. The number of benzene rings is 3. The normalized spacial score (nSPS) is 12.7. The van der Waals surface area contributed by atoms with Crippen LogP contribution in [-0.4, -0.2) is 24.0 Å². The summed E-state index contributed by atoms with van der Waals surface area (Å²) >= 11 is 0. The lowest BCUT2D eigenvalue weighted by molar-refractivity contribution is 0.0925. The maximum atomic E-state index is 12.9. The van der Waals surface area contributed by atoms with Gasteiger partial charge in [0.25, 0.3) is 17.7 Å². The maximum Gasteiger partial charge on any atom is 0.266 e. The molecule has 1 aliphatic rings. The van der Waals surface area contributed by atoms with Crippen molar-refractivity contribution in [1.29, 1.82) is 0 Å². The Morgan fingerprint density at radius 2 is 1.37 bits per heavy atom. The van der Waals surface area contributed by atoms with Crippen molar-refractivity contribution in [2.75, 3.05) is 10.2 Å². The number of hydrogen-bond donors (Lipinski definition) is 1. The van der Waals surface area contributed by atoms with E-state index in [4.69, 9.17) is 0 Å². The van der Waals surface area contributed by atoms with E-state index < -0.39 is 17.7 Å². The van der Waals surface area contributed by atoms with Crippen molar-refractivity contribution >= 4 is 35.4 Å². The third-order valence-electron chi connectivity index (χ3n) is 5.03. The van der Waals surface area contributed by atoms with Crippen LogP contribution in [0.2, 0.25) is 0 Å². The van der Waals surface area contributed by atoms with E-state index >= 15 is 0 Å². The zero-order valence-corrected chi connectivity index (χ0v) is 16.4. The predicted molar refractivity (Wildman–Crippen MR) is 113 cm³/mol. The lowest BCUT2D eigenvalue weighted by Crippen LogP contribution is -2.29. The number of anilines is 2. The van der Waals surface area contributed by atoms with Gasteiger partial charge < -0.3 is 5.32 Å². The van der Waals surface area contributed by atoms with Gasteiger partial charge >= 0.3 is 0 Å². The minimum absolute atomic E-state index is 0.0382. The van der Waals surface area contributed by atoms with Crippen LogP contribution in [0.4, 0.5) is 11.4 Å². The average molecular weight is 398 g/mol. The Hall–Kier alpha value is -4.06. The fraction of sp³-hybridized carbons (Fsp3) is 0.0833. The van der Waals surface area contributed by atoms with E-state index in [1.807, 2.05) is 26.0 Å². The summed E-state index contributed by atoms with van der Waals surface area (Å²) in [5, 5.41) is 2.72. The number of nitrogens with zero attached hydrogens (tertiary/aromatic N) is 1. The van der Waals surface area contributed by atoms with Gasteiger partial charge in [0.05, 0.1) is 22.4 Å². The number of hydrogen-bond acceptors (Lipinski definition) is 4. The lowest BCUT2D eigenvalue weighted by Gasteiger charge is -2.13. The Balaban J connectivity index is 1.71. The summed E-state index contributed by atoms with van der Waals surface area (Å²) in [6.07, 6.45) is 0.511. The summed E-state index contributed by atoms with van der Waals surface area (Å²) in [5.41, 5.74) is 3.32. The number of imide groups is 1. The van der Waals surface area contributed by atoms with Crippen LogP contribution < -0.4 is 10.2 Å². The lowest BCUT2D eigenvalue weighted by atomic mass is 9.99. The Kier molecular flexibility index (Phi) is 4.75. The molecular weight excluding hydrogens is 380 g/mol. The van der Waals surface area contributed by atoms with Gasteiger partial charge in [-0.3, -0.25) is 19.2 Å². The zero-order chi connectivity index (χ0) is 21.4. The fourth-order valence-electron chi connectivity index (χ4n) is 3.36. The number of fused-ring (bicyclic) bond motifs is 1. The molecular formula is C24H18N2O4. The van der Waals surface area contributed by atoms with Crippen LogP contribution in [0.25, 0.3) is 0 Å². The highest BCUT2D eigenvalue weighted by Crippen LogP contribution is 2.30. The fourth-order valence-corrected chi connectivity index (χ4v) is 3.36. The quantitative estimate of drug-likeness (QED) is 0.528. The molecule has 1 heterocycles. The molecule has 0 saturated carbocycles. The highest BCUT2D eigenvalue weighted by atomic mass is 16.2. The Morgan fingerprint density at radius 1 is 0.833 bits per heavy atom. The highest BCUT2D eigenvalue weighted by Gasteiger charge is 2.38. The van der Waals surface area contributed by atoms with Crippen LogP contribution >= 0.6 is 0 Å². The molecule has 1 aliphatic heterocycles. The molecule has 6 heteroatoms. The van der Waals surface area contributed by atoms with E-state index in [1.54, 1.807) is 36.4 Å². The van der Waals surface area contributed by atoms with Crippen molar-refractivity contribution in [2.24, 2.45) is 0 Å². The van der Waals surface area contributed by atoms with E-state index in [2.05, 4.69) is 5.32 Å². The summed E-state index contributed by atoms with van der Waals surface area (Å²) in [6.45, 7) is 3.83. The van der Waals surface area contributed by atoms with Crippen LogP contribution in [0.15, 0.2) is 60.7 Å². The number of aldehydes is 1. The van der Waals surface area contributed by atoms with Crippen LogP contribution in [0.1, 0.15) is 52.6 Å². The van der Waals surface area contributed by atoms with Crippen LogP contribution in [0, 0.1) is 13.8 Å². The summed E-state index contributed by atoms with van der Waals surface area (Å²) < 4.78 is 0. The first kappa shape index (κ1) is 19.3. The summed E-state index contributed by atoms with van der Waals surface area (Å²) in [7, 11) is 0. The molecule has 3 aromatic rings. The first-order valence-corrected chi connectivity index (χ1v) is 9.36. The van der Waals surface area contributed by atoms with Crippen LogP contribution in [-0.2, 0) is 0 Å². The number of carbonyl (C=O) groups excluding carboxylic acids is 4. The first-order valence-electron chi connectivity index (χ1n) is 9.36. The van der Waals surface area contributed by atoms with E-state index in [0.717, 1.165) is 16.0 Å². The molecule has 4 rings (SSSR count). The van der Waals surface area contributed by atoms with Gasteiger partial charge in [-0.25, -0.2) is 4.90 Å². The van der Waals surface area contributed by atoms with Crippen molar-refractivity contribution < 1.29 is 19.2 Å². The number of rotatable bonds is 4. The third-order valence-corrected chi connectivity index (χ3v) is 5.03. The molecule has 148 valence electrons. The van der Waals surface area contributed by atoms with Gasteiger partial charge in [0.15, 0.2) is 6.29 Å². The van der Waals surface area contributed by atoms with Gasteiger partial charge in [0, 0.05) is 11.3 Å². The minimum Gasteiger partial charge on any atom is -0.322 e. The number of nitrogens with one attached hydrogen (secondary N) is 1. The van der Waals surface area contributed by atoms with Gasteiger partial charge in [0.1, 0.15) is 0 Å². The van der Waals surface area contributed by atoms with Gasteiger partial charge in [-0.15, -0.1) is 0 Å². The van der Waals surface area contributed by atoms with Crippen molar-refractivity contribution in [3.8, 4) is 0 Å². The van der Waals surface area contributed by atoms with Gasteiger partial charge in [-0.1, -0.05) is 35.4 Å². The van der Waals surface area contributed by atoms with E-state index in [-0.39, 0.29) is 22.3 Å². The molecule has 0 unspecified atom stereocenters. The smallest absolute Gasteiger partial charge is 0.266 e. The molecule has 0 aromatic heterocycles. The Morgan fingerprint density at radius 3 is 1.93 bits per heavy atom. The van der Waals surface area contributed by atoms with Crippen molar-refractivity contribution in [2.45, 2.75) is 13.8 Å². The molecule has 0 saturated heterocycles. The molecule has 1 N–H and O–H groups in total. The minimum atomic E-state index is -0.530. The standard InChI is InChI=1S/C24H18N2O4/c1-14-3-7-17(8-4-14)25-22(28)19-12-21-20(11-16(19)13-27)23(29)26(24(21)30)18-9-5-15(2)6-10-18/h3-13H,1-2H3,(H,25,28). The maximum absolute atomic E-state index is 12.9. The summed E-state index contributed by atoms with van der Waals surface area (Å²) in [4.78, 5) is 51.2. The Labute approximate surface area is 173 Å². The molecule has 3 aromatic carbocycles. The summed E-state index contributed by atoms with van der Waals surface area (Å²) in [6, 6.07) is 16.8. The first-order chi connectivity index (χ1) is 14.4. The largest absolute Gasteiger partial charge is 0.322 e. The molecule has 0 aliphatic carbocycles. The zero-order valence-electron chi connectivity index (χ0n) is 16.4. The van der Waals surface area contributed by atoms with Gasteiger partial charge in [0.2, 0.25) is 0 Å². The van der Waals surface area contributed by atoms with Gasteiger partial charge in [-0.05, 0) is 50.2 Å².